The highest BCUT2D eigenvalue weighted by molar-refractivity contribution is 9.10. The predicted molar refractivity (Wildman–Crippen MR) is 85.0 cm³/mol. The van der Waals surface area contributed by atoms with E-state index < -0.39 is 5.82 Å². The molecule has 4 nitrogen and oxygen atoms in total. The van der Waals surface area contributed by atoms with E-state index in [1.807, 2.05) is 6.92 Å². The van der Waals surface area contributed by atoms with E-state index in [4.69, 9.17) is 16.3 Å². The Morgan fingerprint density at radius 2 is 2.14 bits per heavy atom. The number of rotatable bonds is 5. The smallest absolute Gasteiger partial charge is 0.162 e. The Balaban J connectivity index is 2.53. The third-order valence-corrected chi connectivity index (χ3v) is 3.86. The summed E-state index contributed by atoms with van der Waals surface area (Å²) in [4.78, 5) is 8.82. The molecule has 0 aliphatic carbocycles. The minimum Gasteiger partial charge on any atom is -0.378 e. The van der Waals surface area contributed by atoms with Gasteiger partial charge in [0.2, 0.25) is 0 Å². The molecule has 21 heavy (non-hydrogen) atoms. The maximum Gasteiger partial charge on any atom is 0.162 e. The fourth-order valence-electron chi connectivity index (χ4n) is 1.77. The van der Waals surface area contributed by atoms with Crippen LogP contribution in [0.3, 0.4) is 0 Å². The normalized spacial score (nSPS) is 10.7. The molecule has 2 rings (SSSR count). The van der Waals surface area contributed by atoms with Crippen LogP contribution in [-0.2, 0) is 11.3 Å². The highest BCUT2D eigenvalue weighted by Gasteiger charge is 2.14. The van der Waals surface area contributed by atoms with E-state index in [-0.39, 0.29) is 5.02 Å². The average molecular weight is 375 g/mol. The number of ether oxygens (including phenoxy) is 1. The van der Waals surface area contributed by atoms with Crippen LogP contribution >= 0.6 is 27.5 Å². The van der Waals surface area contributed by atoms with E-state index in [9.17, 15) is 4.39 Å². The molecule has 0 spiro atoms. The molecule has 0 saturated carbocycles. The van der Waals surface area contributed by atoms with Crippen molar-refractivity contribution in [2.75, 3.05) is 19.0 Å². The highest BCUT2D eigenvalue weighted by atomic mass is 79.9. The molecule has 0 amide bonds. The summed E-state index contributed by atoms with van der Waals surface area (Å²) in [6.07, 6.45) is 0. The summed E-state index contributed by atoms with van der Waals surface area (Å²) in [5, 5.41) is 3.21. The minimum absolute atomic E-state index is 0.0693. The summed E-state index contributed by atoms with van der Waals surface area (Å²) in [5.41, 5.74) is 1.25. The quantitative estimate of drug-likeness (QED) is 0.849. The fourth-order valence-corrected chi connectivity index (χ4v) is 2.32. The summed E-state index contributed by atoms with van der Waals surface area (Å²) >= 11 is 9.15. The first-order chi connectivity index (χ1) is 10.1. The predicted octanol–water partition coefficient (Wildman–Crippen LogP) is 4.28. The van der Waals surface area contributed by atoms with Gasteiger partial charge in [0.25, 0.3) is 0 Å². The van der Waals surface area contributed by atoms with Gasteiger partial charge in [-0.3, -0.25) is 0 Å². The van der Waals surface area contributed by atoms with Gasteiger partial charge in [-0.15, -0.1) is 0 Å². The van der Waals surface area contributed by atoms with E-state index in [0.717, 1.165) is 4.47 Å². The van der Waals surface area contributed by atoms with Crippen LogP contribution in [0.5, 0.6) is 0 Å². The monoisotopic (exact) mass is 373 g/mol. The van der Waals surface area contributed by atoms with E-state index >= 15 is 0 Å². The third-order valence-electron chi connectivity index (χ3n) is 2.72. The van der Waals surface area contributed by atoms with Gasteiger partial charge < -0.3 is 10.1 Å². The van der Waals surface area contributed by atoms with Gasteiger partial charge in [-0.05, 0) is 41.1 Å². The van der Waals surface area contributed by atoms with Crippen LogP contribution in [0.15, 0.2) is 22.7 Å². The molecular formula is C14H14BrClFN3O. The third kappa shape index (κ3) is 3.70. The van der Waals surface area contributed by atoms with Crippen molar-refractivity contribution in [2.24, 2.45) is 0 Å². The highest BCUT2D eigenvalue weighted by Crippen LogP contribution is 2.29. The molecule has 0 aliphatic rings. The topological polar surface area (TPSA) is 47.0 Å². The second-order valence-corrected chi connectivity index (χ2v) is 5.45. The Kier molecular flexibility index (Phi) is 5.50. The van der Waals surface area contributed by atoms with Crippen molar-refractivity contribution < 1.29 is 9.13 Å². The van der Waals surface area contributed by atoms with Crippen LogP contribution in [0.2, 0.25) is 5.02 Å². The molecule has 1 aromatic carbocycles. The first-order valence-corrected chi connectivity index (χ1v) is 7.48. The first-order valence-electron chi connectivity index (χ1n) is 6.31. The molecule has 1 heterocycles. The standard InChI is InChI=1S/C14H14BrClFN3O/c1-3-18-14-12(15)11(7-21-2)19-13(20-14)8-4-5-9(16)10(17)6-8/h4-6H,3,7H2,1-2H3,(H,18,19,20). The zero-order valence-corrected chi connectivity index (χ0v) is 13.9. The lowest BCUT2D eigenvalue weighted by Crippen LogP contribution is -2.07. The van der Waals surface area contributed by atoms with Crippen molar-refractivity contribution >= 4 is 33.3 Å². The molecule has 1 aromatic heterocycles. The molecule has 1 N–H and O–H groups in total. The fraction of sp³-hybridized carbons (Fsp3) is 0.286. The van der Waals surface area contributed by atoms with Crippen molar-refractivity contribution in [2.45, 2.75) is 13.5 Å². The molecule has 112 valence electrons. The summed E-state index contributed by atoms with van der Waals surface area (Å²) < 4.78 is 19.5. The number of anilines is 1. The number of hydrogen-bond acceptors (Lipinski definition) is 4. The van der Waals surface area contributed by atoms with Gasteiger partial charge >= 0.3 is 0 Å². The van der Waals surface area contributed by atoms with E-state index in [2.05, 4.69) is 31.2 Å². The number of methoxy groups -OCH3 is 1. The largest absolute Gasteiger partial charge is 0.378 e. The molecule has 0 bridgehead atoms. The lowest BCUT2D eigenvalue weighted by atomic mass is 10.2. The number of aromatic nitrogens is 2. The molecular weight excluding hydrogens is 361 g/mol. The summed E-state index contributed by atoms with van der Waals surface area (Å²) in [6.45, 7) is 2.99. The number of hydrogen-bond donors (Lipinski definition) is 1. The second-order valence-electron chi connectivity index (χ2n) is 4.25. The Bertz CT molecular complexity index is 627. The minimum atomic E-state index is -0.501. The lowest BCUT2D eigenvalue weighted by molar-refractivity contribution is 0.181. The molecule has 0 atom stereocenters. The summed E-state index contributed by atoms with van der Waals surface area (Å²) in [6, 6.07) is 4.49. The van der Waals surface area contributed by atoms with Crippen LogP contribution in [0, 0.1) is 5.82 Å². The summed E-state index contributed by atoms with van der Waals surface area (Å²) in [5.74, 6) is 0.556. The molecule has 0 aliphatic heterocycles. The van der Waals surface area contributed by atoms with Crippen molar-refractivity contribution in [1.82, 2.24) is 9.97 Å². The van der Waals surface area contributed by atoms with Gasteiger partial charge in [0.1, 0.15) is 11.6 Å². The van der Waals surface area contributed by atoms with Crippen LogP contribution in [-0.4, -0.2) is 23.6 Å². The Morgan fingerprint density at radius 3 is 2.76 bits per heavy atom. The van der Waals surface area contributed by atoms with Crippen LogP contribution in [0.1, 0.15) is 12.6 Å². The SMILES string of the molecule is CCNc1nc(-c2ccc(Cl)c(F)c2)nc(COC)c1Br. The van der Waals surface area contributed by atoms with Crippen molar-refractivity contribution in [1.29, 1.82) is 0 Å². The molecule has 0 radical (unpaired) electrons. The number of benzene rings is 1. The first kappa shape index (κ1) is 16.1. The molecule has 0 saturated heterocycles. The Morgan fingerprint density at radius 1 is 1.38 bits per heavy atom. The zero-order valence-electron chi connectivity index (χ0n) is 11.6. The zero-order chi connectivity index (χ0) is 15.4. The Hall–Kier alpha value is -1.24. The maximum absolute atomic E-state index is 13.6. The van der Waals surface area contributed by atoms with Gasteiger partial charge in [0, 0.05) is 19.2 Å². The maximum atomic E-state index is 13.6. The second kappa shape index (κ2) is 7.15. The number of nitrogens with zero attached hydrogens (tertiary/aromatic N) is 2. The van der Waals surface area contributed by atoms with E-state index in [1.54, 1.807) is 13.2 Å². The summed E-state index contributed by atoms with van der Waals surface area (Å²) in [7, 11) is 1.59. The van der Waals surface area contributed by atoms with Crippen molar-refractivity contribution in [3.8, 4) is 11.4 Å². The van der Waals surface area contributed by atoms with Crippen LogP contribution in [0.4, 0.5) is 10.2 Å². The van der Waals surface area contributed by atoms with Crippen LogP contribution in [0.25, 0.3) is 11.4 Å². The van der Waals surface area contributed by atoms with Crippen LogP contribution < -0.4 is 5.32 Å². The Labute approximate surface area is 135 Å². The van der Waals surface area contributed by atoms with Gasteiger partial charge in [0.05, 0.1) is 21.8 Å². The van der Waals surface area contributed by atoms with Gasteiger partial charge in [-0.2, -0.15) is 0 Å². The van der Waals surface area contributed by atoms with Gasteiger partial charge in [-0.25, -0.2) is 14.4 Å². The van der Waals surface area contributed by atoms with Gasteiger partial charge in [-0.1, -0.05) is 11.6 Å². The number of nitrogens with one attached hydrogen (secondary N) is 1. The number of halogens is 3. The molecule has 7 heteroatoms. The molecule has 2 aromatic rings. The van der Waals surface area contributed by atoms with E-state index in [1.165, 1.54) is 12.1 Å². The molecule has 0 unspecified atom stereocenters. The average Bonchev–Trinajstić information content (AvgIpc) is 2.46. The van der Waals surface area contributed by atoms with Crippen molar-refractivity contribution in [3.63, 3.8) is 0 Å². The van der Waals surface area contributed by atoms with E-state index in [0.29, 0.717) is 36.1 Å². The molecule has 0 fully saturated rings. The lowest BCUT2D eigenvalue weighted by Gasteiger charge is -2.12. The van der Waals surface area contributed by atoms with Crippen molar-refractivity contribution in [3.05, 3.63) is 39.2 Å². The van der Waals surface area contributed by atoms with Gasteiger partial charge in [0.15, 0.2) is 5.82 Å².